The average molecular weight is 491 g/mol. The Hall–Kier alpha value is -4.57. The van der Waals surface area contributed by atoms with Crippen LogP contribution in [0.4, 0.5) is 0 Å². The second-order valence-electron chi connectivity index (χ2n) is 9.79. The molecule has 0 N–H and O–H groups in total. The predicted octanol–water partition coefficient (Wildman–Crippen LogP) is 6.68. The summed E-state index contributed by atoms with van der Waals surface area (Å²) in [5.74, 6) is 0.393. The Morgan fingerprint density at radius 1 is 0.564 bits per heavy atom. The number of fused-ring (bicyclic) bond motifs is 3. The van der Waals surface area contributed by atoms with E-state index in [2.05, 4.69) is 77.8 Å². The smallest absolute Gasteiger partial charge is 0.0951 e. The van der Waals surface area contributed by atoms with Gasteiger partial charge in [-0.25, -0.2) is 4.98 Å². The normalized spacial score (nSPS) is 11.9. The summed E-state index contributed by atoms with van der Waals surface area (Å²) in [6.45, 7) is 0. The van der Waals surface area contributed by atoms with Gasteiger partial charge in [-0.2, -0.15) is 0 Å². The van der Waals surface area contributed by atoms with Crippen LogP contribution in [0.5, 0.6) is 0 Å². The van der Waals surface area contributed by atoms with E-state index in [1.807, 2.05) is 53.4 Å². The molecule has 0 bridgehead atoms. The van der Waals surface area contributed by atoms with E-state index in [4.69, 9.17) is 28.5 Å². The van der Waals surface area contributed by atoms with Crippen molar-refractivity contribution in [2.24, 2.45) is 0 Å². The molecule has 0 spiro atoms. The Morgan fingerprint density at radius 3 is 1.74 bits per heavy atom. The number of hydrogen-bond donors (Lipinski definition) is 0. The van der Waals surface area contributed by atoms with E-state index < -0.39 is 5.11 Å². The Morgan fingerprint density at radius 2 is 1.10 bits per heavy atom. The van der Waals surface area contributed by atoms with E-state index in [9.17, 15) is 0 Å². The number of hydrogen-bond acceptors (Lipinski definition) is 2. The molecule has 7 aromatic rings. The van der Waals surface area contributed by atoms with Crippen LogP contribution in [0.1, 0.15) is 5.82 Å². The van der Waals surface area contributed by atoms with E-state index >= 15 is 0 Å². The Labute approximate surface area is 230 Å². The van der Waals surface area contributed by atoms with Gasteiger partial charge < -0.3 is 0 Å². The highest BCUT2D eigenvalue weighted by Gasteiger charge is 2.26. The molecule has 5 aromatic carbocycles. The fourth-order valence-electron chi connectivity index (χ4n) is 5.66. The molecule has 0 saturated heterocycles. The monoisotopic (exact) mass is 491 g/mol. The lowest BCUT2D eigenvalue weighted by atomic mass is 9.42. The van der Waals surface area contributed by atoms with Gasteiger partial charge in [0, 0.05) is 23.2 Å². The van der Waals surface area contributed by atoms with Gasteiger partial charge in [0.05, 0.1) is 46.1 Å². The second-order valence-corrected chi connectivity index (χ2v) is 9.79. The highest BCUT2D eigenvalue weighted by atomic mass is 15.1. The van der Waals surface area contributed by atoms with Gasteiger partial charge in [0.2, 0.25) is 0 Å². The van der Waals surface area contributed by atoms with E-state index in [1.165, 1.54) is 0 Å². The summed E-state index contributed by atoms with van der Waals surface area (Å²) in [5, 5.41) is 2.66. The van der Waals surface area contributed by atoms with Crippen molar-refractivity contribution in [3.63, 3.8) is 0 Å². The summed E-state index contributed by atoms with van der Waals surface area (Å²) < 4.78 is 2.03. The summed E-state index contributed by atoms with van der Waals surface area (Å²) in [4.78, 5) is 9.02. The van der Waals surface area contributed by atoms with Crippen LogP contribution in [0.2, 0.25) is 0 Å². The average Bonchev–Trinajstić information content (AvgIpc) is 3.36. The minimum Gasteiger partial charge on any atom is -0.296 e. The molecule has 2 heterocycles. The SMILES string of the molecule is [B]C([B])([B])c1nc2ccccc2n1-c1c2ccccc2c(-c2ccccc2-c2ccncc2)c2ccccc12. The van der Waals surface area contributed by atoms with Crippen molar-refractivity contribution in [3.05, 3.63) is 127 Å². The molecule has 6 heteroatoms. The van der Waals surface area contributed by atoms with Crippen LogP contribution in [0, 0.1) is 0 Å². The van der Waals surface area contributed by atoms with Crippen LogP contribution in [0.15, 0.2) is 122 Å². The number of nitrogens with zero attached hydrogens (tertiary/aromatic N) is 3. The third-order valence-electron chi connectivity index (χ3n) is 7.26. The Kier molecular flexibility index (Phi) is 5.45. The van der Waals surface area contributed by atoms with Crippen molar-refractivity contribution >= 4 is 56.1 Å². The van der Waals surface area contributed by atoms with Crippen molar-refractivity contribution in [3.8, 4) is 27.9 Å². The number of imidazole rings is 1. The van der Waals surface area contributed by atoms with E-state index in [0.717, 1.165) is 60.5 Å². The molecule has 0 aliphatic rings. The molecule has 176 valence electrons. The van der Waals surface area contributed by atoms with Crippen LogP contribution in [-0.4, -0.2) is 38.1 Å². The molecule has 7 rings (SSSR count). The molecule has 6 radical (unpaired) electrons. The number of para-hydroxylation sites is 2. The highest BCUT2D eigenvalue weighted by Crippen LogP contribution is 2.45. The zero-order valence-electron chi connectivity index (χ0n) is 21.1. The fourth-order valence-corrected chi connectivity index (χ4v) is 5.66. The van der Waals surface area contributed by atoms with Gasteiger partial charge in [-0.05, 0) is 57.3 Å². The molecular formula is C33H20B3N3. The first kappa shape index (κ1) is 23.5. The van der Waals surface area contributed by atoms with Gasteiger partial charge in [-0.15, -0.1) is 0 Å². The van der Waals surface area contributed by atoms with Crippen LogP contribution < -0.4 is 0 Å². The van der Waals surface area contributed by atoms with E-state index in [0.29, 0.717) is 5.82 Å². The Balaban J connectivity index is 1.67. The number of pyridine rings is 1. The number of aromatic nitrogens is 3. The van der Waals surface area contributed by atoms with Crippen LogP contribution in [0.25, 0.3) is 60.5 Å². The lowest BCUT2D eigenvalue weighted by Crippen LogP contribution is -2.31. The molecule has 39 heavy (non-hydrogen) atoms. The van der Waals surface area contributed by atoms with Crippen LogP contribution in [0.3, 0.4) is 0 Å². The largest absolute Gasteiger partial charge is 0.296 e. The summed E-state index contributed by atoms with van der Waals surface area (Å²) >= 11 is 0. The standard InChI is InChI=1S/C33H20B3N3/c34-33(35,36)32-38-28-15-7-8-16-29(28)39(32)31-26-13-5-3-11-24(26)30(25-12-4-6-14-27(25)31)23-10-2-1-9-22(23)21-17-19-37-20-18-21/h1-20H. The second kappa shape index (κ2) is 9.02. The minimum absolute atomic E-state index is 0.393. The lowest BCUT2D eigenvalue weighted by Gasteiger charge is -2.25. The molecule has 0 aliphatic carbocycles. The maximum atomic E-state index is 6.32. The molecule has 2 aromatic heterocycles. The van der Waals surface area contributed by atoms with Gasteiger partial charge >= 0.3 is 0 Å². The molecule has 0 amide bonds. The molecule has 0 saturated carbocycles. The van der Waals surface area contributed by atoms with Gasteiger partial charge in [-0.1, -0.05) is 90.0 Å². The van der Waals surface area contributed by atoms with Crippen molar-refractivity contribution in [1.29, 1.82) is 0 Å². The first-order valence-corrected chi connectivity index (χ1v) is 12.8. The summed E-state index contributed by atoms with van der Waals surface area (Å²) in [6.07, 6.45) is 3.66. The molecule has 3 nitrogen and oxygen atoms in total. The molecule has 0 fully saturated rings. The zero-order valence-corrected chi connectivity index (χ0v) is 21.1. The molecule has 0 aliphatic heterocycles. The summed E-state index contributed by atoms with van der Waals surface area (Å²) in [7, 11) is 19.0. The molecule has 0 atom stereocenters. The van der Waals surface area contributed by atoms with Gasteiger partial charge in [0.25, 0.3) is 0 Å². The molecule has 0 unspecified atom stereocenters. The van der Waals surface area contributed by atoms with Crippen LogP contribution >= 0.6 is 0 Å². The zero-order chi connectivity index (χ0) is 26.6. The molecular weight excluding hydrogens is 471 g/mol. The van der Waals surface area contributed by atoms with Crippen LogP contribution in [-0.2, 0) is 5.11 Å². The van der Waals surface area contributed by atoms with Crippen molar-refractivity contribution < 1.29 is 0 Å². The maximum absolute atomic E-state index is 6.32. The fraction of sp³-hybridized carbons (Fsp3) is 0.0303. The summed E-state index contributed by atoms with van der Waals surface area (Å²) in [6, 6.07) is 37.4. The van der Waals surface area contributed by atoms with E-state index in [-0.39, 0.29) is 0 Å². The van der Waals surface area contributed by atoms with Gasteiger partial charge in [-0.3, -0.25) is 9.55 Å². The quantitative estimate of drug-likeness (QED) is 0.203. The van der Waals surface area contributed by atoms with Crippen molar-refractivity contribution in [2.75, 3.05) is 0 Å². The van der Waals surface area contributed by atoms with Crippen molar-refractivity contribution in [1.82, 2.24) is 14.5 Å². The first-order chi connectivity index (χ1) is 19.0. The van der Waals surface area contributed by atoms with Gasteiger partial charge in [0.1, 0.15) is 0 Å². The minimum atomic E-state index is -1.64. The maximum Gasteiger partial charge on any atom is 0.0951 e. The topological polar surface area (TPSA) is 30.7 Å². The Bertz CT molecular complexity index is 1950. The number of rotatable bonds is 4. The van der Waals surface area contributed by atoms with E-state index in [1.54, 1.807) is 0 Å². The lowest BCUT2D eigenvalue weighted by molar-refractivity contribution is 0.939. The third kappa shape index (κ3) is 3.78. The highest BCUT2D eigenvalue weighted by molar-refractivity contribution is 6.58. The third-order valence-corrected chi connectivity index (χ3v) is 7.26. The van der Waals surface area contributed by atoms with Crippen molar-refractivity contribution in [2.45, 2.75) is 5.11 Å². The van der Waals surface area contributed by atoms with Gasteiger partial charge in [0.15, 0.2) is 0 Å². The predicted molar refractivity (Wildman–Crippen MR) is 164 cm³/mol. The number of benzene rings is 5. The first-order valence-electron chi connectivity index (χ1n) is 12.8. The summed E-state index contributed by atoms with van der Waals surface area (Å²) in [5.41, 5.74) is 7.16.